The number of hydrogen-bond donors (Lipinski definition) is 0. The zero-order valence-electron chi connectivity index (χ0n) is 24.4. The van der Waals surface area contributed by atoms with Crippen molar-refractivity contribution in [2.24, 2.45) is 20.5 Å². The van der Waals surface area contributed by atoms with Crippen LogP contribution in [0.25, 0.3) is 0 Å². The summed E-state index contributed by atoms with van der Waals surface area (Å²) >= 11 is 3.18. The van der Waals surface area contributed by atoms with Crippen molar-refractivity contribution < 1.29 is 13.9 Å². The Kier molecular flexibility index (Phi) is 11.9. The number of anilines is 2. The van der Waals surface area contributed by atoms with Gasteiger partial charge in [-0.05, 0) is 109 Å². The van der Waals surface area contributed by atoms with Gasteiger partial charge in [-0.2, -0.15) is 0 Å². The third-order valence-corrected chi connectivity index (χ3v) is 8.28. The second-order valence-corrected chi connectivity index (χ2v) is 10.9. The molecule has 2 heterocycles. The van der Waals surface area contributed by atoms with Gasteiger partial charge in [0, 0.05) is 48.3 Å². The Hall–Kier alpha value is -3.54. The number of rotatable bonds is 16. The maximum atomic E-state index is 6.04. The SMILES string of the molecule is CCN(CCOCCN(CC)c1ccc(/N=N/c2scc[n+]2CC)cc1)c1ccc(/N=N/c2scc[n+]2CC)cc1. The molecule has 0 N–H and O–H groups in total. The summed E-state index contributed by atoms with van der Waals surface area (Å²) in [7, 11) is 0. The molecule has 41 heavy (non-hydrogen) atoms. The molecule has 2 aromatic carbocycles. The van der Waals surface area contributed by atoms with Crippen LogP contribution in [0.1, 0.15) is 27.7 Å². The molecule has 0 aliphatic heterocycles. The lowest BCUT2D eigenvalue weighted by atomic mass is 10.2. The van der Waals surface area contributed by atoms with Crippen molar-refractivity contribution in [1.82, 2.24) is 0 Å². The molecule has 0 amide bonds. The Morgan fingerprint density at radius 1 is 0.610 bits per heavy atom. The van der Waals surface area contributed by atoms with Gasteiger partial charge in [-0.3, -0.25) is 0 Å². The maximum Gasteiger partial charge on any atom is 0.408 e. The number of likely N-dealkylation sites (N-methyl/N-ethyl adjacent to an activating group) is 2. The summed E-state index contributed by atoms with van der Waals surface area (Å²) in [6.45, 7) is 15.1. The van der Waals surface area contributed by atoms with Gasteiger partial charge < -0.3 is 14.5 Å². The molecule has 216 valence electrons. The summed E-state index contributed by atoms with van der Waals surface area (Å²) < 4.78 is 10.2. The average Bonchev–Trinajstić information content (AvgIpc) is 3.68. The summed E-state index contributed by atoms with van der Waals surface area (Å²) in [5.41, 5.74) is 4.01. The van der Waals surface area contributed by atoms with Gasteiger partial charge in [0.15, 0.2) is 0 Å². The number of azo groups is 2. The number of nitrogens with zero attached hydrogens (tertiary/aromatic N) is 8. The highest BCUT2D eigenvalue weighted by Crippen LogP contribution is 2.24. The van der Waals surface area contributed by atoms with Crippen molar-refractivity contribution in [2.45, 2.75) is 40.8 Å². The van der Waals surface area contributed by atoms with Crippen LogP contribution in [0.15, 0.2) is 92.1 Å². The molecule has 0 saturated heterocycles. The van der Waals surface area contributed by atoms with E-state index in [9.17, 15) is 0 Å². The zero-order valence-corrected chi connectivity index (χ0v) is 26.0. The summed E-state index contributed by atoms with van der Waals surface area (Å²) in [6, 6.07) is 16.5. The lowest BCUT2D eigenvalue weighted by molar-refractivity contribution is -0.677. The van der Waals surface area contributed by atoms with Gasteiger partial charge in [0.05, 0.1) is 36.5 Å². The largest absolute Gasteiger partial charge is 0.408 e. The molecule has 0 aliphatic rings. The van der Waals surface area contributed by atoms with Crippen molar-refractivity contribution in [3.05, 3.63) is 71.7 Å². The molecular weight excluding hydrogens is 553 g/mol. The second-order valence-electron chi connectivity index (χ2n) is 9.15. The van der Waals surface area contributed by atoms with E-state index < -0.39 is 0 Å². The van der Waals surface area contributed by atoms with Crippen molar-refractivity contribution in [2.75, 3.05) is 49.2 Å². The molecule has 0 bridgehead atoms. The highest BCUT2D eigenvalue weighted by atomic mass is 32.1. The van der Waals surface area contributed by atoms with Crippen LogP contribution in [-0.2, 0) is 17.8 Å². The van der Waals surface area contributed by atoms with E-state index in [-0.39, 0.29) is 0 Å². The van der Waals surface area contributed by atoms with E-state index in [1.165, 1.54) is 0 Å². The monoisotopic (exact) mass is 592 g/mol. The third kappa shape index (κ3) is 8.72. The van der Waals surface area contributed by atoms with E-state index in [1.54, 1.807) is 22.7 Å². The van der Waals surface area contributed by atoms with Crippen LogP contribution >= 0.6 is 22.7 Å². The van der Waals surface area contributed by atoms with E-state index in [0.717, 1.165) is 72.3 Å². The molecule has 0 saturated carbocycles. The molecule has 11 heteroatoms. The molecule has 2 aromatic heterocycles. The average molecular weight is 593 g/mol. The predicted octanol–water partition coefficient (Wildman–Crippen LogP) is 7.62. The van der Waals surface area contributed by atoms with E-state index in [2.05, 4.69) is 91.4 Å². The van der Waals surface area contributed by atoms with Crippen molar-refractivity contribution in [3.63, 3.8) is 0 Å². The molecule has 0 aliphatic carbocycles. The van der Waals surface area contributed by atoms with Gasteiger partial charge in [0.1, 0.15) is 23.8 Å². The Morgan fingerprint density at radius 2 is 1.02 bits per heavy atom. The number of ether oxygens (including phenoxy) is 1. The van der Waals surface area contributed by atoms with Crippen LogP contribution in [0.4, 0.5) is 33.0 Å². The standard InChI is InChI=1S/C30H40N8OS2/c1-5-35(27-13-9-25(10-14-27)31-33-29-37(7-3)19-23-40-29)17-21-39-22-18-36(6-2)28-15-11-26(12-16-28)32-34-30-38(8-4)20-24-41-30/h9-16,19-20,23-24H,5-8,17-18,21-22H2,1-4H3/q+2. The smallest absolute Gasteiger partial charge is 0.378 e. The Labute approximate surface area is 251 Å². The third-order valence-electron chi connectivity index (χ3n) is 6.71. The maximum absolute atomic E-state index is 6.04. The molecule has 4 aromatic rings. The first-order chi connectivity index (χ1) is 20.1. The Bertz CT molecular complexity index is 1280. The number of thiazole rings is 2. The number of benzene rings is 2. The second kappa shape index (κ2) is 16.0. The molecular formula is C30H40N8OS2+2. The van der Waals surface area contributed by atoms with Crippen LogP contribution in [0.3, 0.4) is 0 Å². The first-order valence-electron chi connectivity index (χ1n) is 14.2. The van der Waals surface area contributed by atoms with Crippen LogP contribution in [0.2, 0.25) is 0 Å². The summed E-state index contributed by atoms with van der Waals surface area (Å²) in [4.78, 5) is 4.63. The van der Waals surface area contributed by atoms with Crippen LogP contribution < -0.4 is 18.9 Å². The van der Waals surface area contributed by atoms with Gasteiger partial charge >= 0.3 is 10.3 Å². The lowest BCUT2D eigenvalue weighted by Crippen LogP contribution is -2.30. The fourth-order valence-electron chi connectivity index (χ4n) is 4.29. The Balaban J connectivity index is 1.21. The Morgan fingerprint density at radius 3 is 1.39 bits per heavy atom. The number of aryl methyl sites for hydroxylation is 2. The summed E-state index contributed by atoms with van der Waals surface area (Å²) in [6.07, 6.45) is 4.06. The molecule has 0 atom stereocenters. The van der Waals surface area contributed by atoms with Gasteiger partial charge in [-0.1, -0.05) is 0 Å². The first kappa shape index (κ1) is 30.4. The number of aromatic nitrogens is 2. The molecule has 0 fully saturated rings. The highest BCUT2D eigenvalue weighted by Gasteiger charge is 2.12. The minimum Gasteiger partial charge on any atom is -0.378 e. The zero-order chi connectivity index (χ0) is 28.9. The quantitative estimate of drug-likeness (QED) is 0.0763. The van der Waals surface area contributed by atoms with Gasteiger partial charge in [0.2, 0.25) is 0 Å². The fourth-order valence-corrected chi connectivity index (χ4v) is 5.77. The normalized spacial score (nSPS) is 11.6. The topological polar surface area (TPSA) is 72.9 Å². The molecule has 0 unspecified atom stereocenters. The molecule has 0 spiro atoms. The first-order valence-corrected chi connectivity index (χ1v) is 16.0. The van der Waals surface area contributed by atoms with Crippen LogP contribution in [0.5, 0.6) is 0 Å². The van der Waals surface area contributed by atoms with E-state index in [4.69, 9.17) is 4.74 Å². The highest BCUT2D eigenvalue weighted by molar-refractivity contribution is 7.13. The molecule has 4 rings (SSSR count). The minimum atomic E-state index is 0.669. The van der Waals surface area contributed by atoms with Crippen molar-refractivity contribution in [1.29, 1.82) is 0 Å². The van der Waals surface area contributed by atoms with Gasteiger partial charge in [-0.15, -0.1) is 0 Å². The lowest BCUT2D eigenvalue weighted by Gasteiger charge is -2.25. The van der Waals surface area contributed by atoms with E-state index in [1.807, 2.05) is 47.4 Å². The van der Waals surface area contributed by atoms with Crippen LogP contribution in [-0.4, -0.2) is 39.4 Å². The molecule has 9 nitrogen and oxygen atoms in total. The van der Waals surface area contributed by atoms with Gasteiger partial charge in [0.25, 0.3) is 0 Å². The summed E-state index contributed by atoms with van der Waals surface area (Å²) in [5, 5.41) is 23.5. The number of hydrogen-bond acceptors (Lipinski definition) is 9. The predicted molar refractivity (Wildman–Crippen MR) is 168 cm³/mol. The van der Waals surface area contributed by atoms with E-state index >= 15 is 0 Å². The fraction of sp³-hybridized carbons (Fsp3) is 0.400. The van der Waals surface area contributed by atoms with Crippen molar-refractivity contribution >= 4 is 55.7 Å². The summed E-state index contributed by atoms with van der Waals surface area (Å²) in [5.74, 6) is 0. The minimum absolute atomic E-state index is 0.669. The molecule has 0 radical (unpaired) electrons. The van der Waals surface area contributed by atoms with Crippen LogP contribution in [0, 0.1) is 0 Å². The van der Waals surface area contributed by atoms with E-state index in [0.29, 0.717) is 13.2 Å². The van der Waals surface area contributed by atoms with Crippen molar-refractivity contribution in [3.8, 4) is 0 Å². The van der Waals surface area contributed by atoms with Gasteiger partial charge in [-0.25, -0.2) is 9.13 Å².